The Kier molecular flexibility index (Phi) is 5.16. The Labute approximate surface area is 112 Å². The van der Waals surface area contributed by atoms with Crippen molar-refractivity contribution in [2.45, 2.75) is 0 Å². The number of hydrogen-bond acceptors (Lipinski definition) is 4. The van der Waals surface area contributed by atoms with E-state index in [1.807, 2.05) is 0 Å². The molecule has 0 aromatic heterocycles. The molecule has 7 heteroatoms. The minimum atomic E-state index is -1.73. The van der Waals surface area contributed by atoms with Crippen molar-refractivity contribution in [2.24, 2.45) is 0 Å². The average Bonchev–Trinajstić information content (AvgIpc) is 2.16. The van der Waals surface area contributed by atoms with Crippen molar-refractivity contribution in [3.8, 4) is 0 Å². The van der Waals surface area contributed by atoms with Gasteiger partial charge in [-0.05, 0) is 18.2 Å². The Bertz CT molecular complexity index is 453. The molecule has 0 aliphatic carbocycles. The zero-order valence-corrected chi connectivity index (χ0v) is 10.3. The first-order valence-corrected chi connectivity index (χ1v) is 3.75. The van der Waals surface area contributed by atoms with Crippen molar-refractivity contribution in [3.05, 3.63) is 34.9 Å². The number of carbonyl (C=O) groups excluding carboxylic acids is 1. The van der Waals surface area contributed by atoms with Gasteiger partial charge in [-0.1, -0.05) is 0 Å². The molecule has 0 aliphatic rings. The largest absolute Gasteiger partial charge is 1.00 e. The maximum atomic E-state index is 10.6. The SMILES string of the molecule is O=C(O)c1ccc(C(=O)O)c(C(=O)[O-])c1.[Na+]. The van der Waals surface area contributed by atoms with E-state index in [9.17, 15) is 19.5 Å². The molecule has 16 heavy (non-hydrogen) atoms. The minimum absolute atomic E-state index is 0. The number of aromatic carboxylic acids is 3. The van der Waals surface area contributed by atoms with Gasteiger partial charge < -0.3 is 20.1 Å². The van der Waals surface area contributed by atoms with Crippen LogP contribution in [0.3, 0.4) is 0 Å². The summed E-state index contributed by atoms with van der Waals surface area (Å²) in [5.74, 6) is -4.52. The number of carboxylic acids is 3. The molecule has 0 atom stereocenters. The van der Waals surface area contributed by atoms with Crippen LogP contribution < -0.4 is 34.7 Å². The van der Waals surface area contributed by atoms with Gasteiger partial charge in [0.2, 0.25) is 0 Å². The fourth-order valence-electron chi connectivity index (χ4n) is 1.03. The third-order valence-electron chi connectivity index (χ3n) is 1.72. The van der Waals surface area contributed by atoms with Crippen LogP contribution in [-0.4, -0.2) is 28.1 Å². The number of carbonyl (C=O) groups is 3. The van der Waals surface area contributed by atoms with Crippen LogP contribution in [-0.2, 0) is 0 Å². The molecule has 0 fully saturated rings. The molecule has 0 bridgehead atoms. The third kappa shape index (κ3) is 3.06. The Morgan fingerprint density at radius 1 is 1.00 bits per heavy atom. The third-order valence-corrected chi connectivity index (χ3v) is 1.72. The fraction of sp³-hybridized carbons (Fsp3) is 0. The summed E-state index contributed by atoms with van der Waals surface area (Å²) in [5, 5.41) is 27.7. The first-order chi connectivity index (χ1) is 6.93. The van der Waals surface area contributed by atoms with E-state index >= 15 is 0 Å². The van der Waals surface area contributed by atoms with Gasteiger partial charge >= 0.3 is 41.5 Å². The van der Waals surface area contributed by atoms with E-state index in [1.54, 1.807) is 0 Å². The number of carboxylic acid groups (broad SMARTS) is 3. The molecule has 2 N–H and O–H groups in total. The van der Waals surface area contributed by atoms with E-state index in [-0.39, 0.29) is 35.1 Å². The van der Waals surface area contributed by atoms with Gasteiger partial charge in [0.15, 0.2) is 0 Å². The summed E-state index contributed by atoms with van der Waals surface area (Å²) in [4.78, 5) is 31.6. The van der Waals surface area contributed by atoms with Crippen LogP contribution in [0.4, 0.5) is 0 Å². The van der Waals surface area contributed by atoms with Gasteiger partial charge in [0.05, 0.1) is 17.1 Å². The molecule has 78 valence electrons. The molecule has 0 amide bonds. The van der Waals surface area contributed by atoms with E-state index in [0.717, 1.165) is 18.2 Å². The van der Waals surface area contributed by atoms with Gasteiger partial charge in [-0.2, -0.15) is 0 Å². The quantitative estimate of drug-likeness (QED) is 0.521. The fourth-order valence-corrected chi connectivity index (χ4v) is 1.03. The van der Waals surface area contributed by atoms with Crippen LogP contribution in [0.5, 0.6) is 0 Å². The predicted molar refractivity (Wildman–Crippen MR) is 44.7 cm³/mol. The number of benzene rings is 1. The molecule has 1 aromatic carbocycles. The molecular weight excluding hydrogens is 227 g/mol. The Balaban J connectivity index is 0.00000225. The maximum absolute atomic E-state index is 10.6. The maximum Gasteiger partial charge on any atom is 1.00 e. The second-order valence-corrected chi connectivity index (χ2v) is 2.66. The number of rotatable bonds is 3. The van der Waals surface area contributed by atoms with Crippen LogP contribution in [0.2, 0.25) is 0 Å². The van der Waals surface area contributed by atoms with Crippen LogP contribution in [0.25, 0.3) is 0 Å². The summed E-state index contributed by atoms with van der Waals surface area (Å²) in [6.45, 7) is 0. The summed E-state index contributed by atoms with van der Waals surface area (Å²) >= 11 is 0. The van der Waals surface area contributed by atoms with Gasteiger partial charge in [0, 0.05) is 5.56 Å². The van der Waals surface area contributed by atoms with Crippen LogP contribution in [0.15, 0.2) is 18.2 Å². The Morgan fingerprint density at radius 3 is 1.94 bits per heavy atom. The Morgan fingerprint density at radius 2 is 1.56 bits per heavy atom. The van der Waals surface area contributed by atoms with Crippen molar-refractivity contribution in [3.63, 3.8) is 0 Å². The van der Waals surface area contributed by atoms with E-state index in [4.69, 9.17) is 10.2 Å². The van der Waals surface area contributed by atoms with Crippen LogP contribution in [0, 0.1) is 0 Å². The molecule has 0 aliphatic heterocycles. The van der Waals surface area contributed by atoms with Crippen LogP contribution in [0.1, 0.15) is 31.1 Å². The molecule has 0 radical (unpaired) electrons. The van der Waals surface area contributed by atoms with Crippen molar-refractivity contribution < 1.29 is 59.3 Å². The molecule has 1 aromatic rings. The summed E-state index contributed by atoms with van der Waals surface area (Å²) in [7, 11) is 0. The molecule has 6 nitrogen and oxygen atoms in total. The topological polar surface area (TPSA) is 115 Å². The molecular formula is C9H5NaO6. The summed E-state index contributed by atoms with van der Waals surface area (Å²) < 4.78 is 0. The smallest absolute Gasteiger partial charge is 0.545 e. The zero-order chi connectivity index (χ0) is 11.6. The van der Waals surface area contributed by atoms with Gasteiger partial charge in [-0.3, -0.25) is 0 Å². The summed E-state index contributed by atoms with van der Waals surface area (Å²) in [5.41, 5.74) is -1.46. The summed E-state index contributed by atoms with van der Waals surface area (Å²) in [6, 6.07) is 2.68. The molecule has 0 unspecified atom stereocenters. The van der Waals surface area contributed by atoms with E-state index < -0.39 is 29.0 Å². The average molecular weight is 232 g/mol. The van der Waals surface area contributed by atoms with Gasteiger partial charge in [0.25, 0.3) is 0 Å². The second kappa shape index (κ2) is 5.64. The monoisotopic (exact) mass is 232 g/mol. The van der Waals surface area contributed by atoms with Crippen molar-refractivity contribution in [1.82, 2.24) is 0 Å². The van der Waals surface area contributed by atoms with E-state index in [0.29, 0.717) is 0 Å². The summed E-state index contributed by atoms with van der Waals surface area (Å²) in [6.07, 6.45) is 0. The van der Waals surface area contributed by atoms with Gasteiger partial charge in [0.1, 0.15) is 0 Å². The normalized spacial score (nSPS) is 9.00. The molecule has 0 spiro atoms. The Hall–Kier alpha value is -1.37. The number of hydrogen-bond donors (Lipinski definition) is 2. The zero-order valence-electron chi connectivity index (χ0n) is 8.26. The van der Waals surface area contributed by atoms with Crippen molar-refractivity contribution >= 4 is 17.9 Å². The van der Waals surface area contributed by atoms with E-state index in [1.165, 1.54) is 0 Å². The van der Waals surface area contributed by atoms with E-state index in [2.05, 4.69) is 0 Å². The van der Waals surface area contributed by atoms with Crippen LogP contribution >= 0.6 is 0 Å². The van der Waals surface area contributed by atoms with Crippen molar-refractivity contribution in [1.29, 1.82) is 0 Å². The van der Waals surface area contributed by atoms with Gasteiger partial charge in [-0.15, -0.1) is 0 Å². The molecule has 0 saturated carbocycles. The van der Waals surface area contributed by atoms with Crippen molar-refractivity contribution in [2.75, 3.05) is 0 Å². The second-order valence-electron chi connectivity index (χ2n) is 2.66. The standard InChI is InChI=1S/C9H6O6.Na/c10-7(11)4-1-2-5(8(12)13)6(3-4)9(14)15;/h1-3H,(H,10,11)(H,12,13)(H,14,15);/q;+1/p-1. The minimum Gasteiger partial charge on any atom is -0.545 e. The first-order valence-electron chi connectivity index (χ1n) is 3.75. The molecule has 0 saturated heterocycles. The molecule has 1 rings (SSSR count). The predicted octanol–water partition coefficient (Wildman–Crippen LogP) is -3.55. The van der Waals surface area contributed by atoms with Gasteiger partial charge in [-0.25, -0.2) is 9.59 Å². The molecule has 0 heterocycles. The first kappa shape index (κ1) is 14.6.